The Bertz CT molecular complexity index is 598. The summed E-state index contributed by atoms with van der Waals surface area (Å²) < 4.78 is 3.10. The third kappa shape index (κ3) is 3.15. The molecule has 5 nitrogen and oxygen atoms in total. The molecule has 0 saturated heterocycles. The average Bonchev–Trinajstić information content (AvgIpc) is 3.06. The van der Waals surface area contributed by atoms with Crippen LogP contribution in [-0.2, 0) is 13.1 Å². The molecule has 0 amide bonds. The smallest absolute Gasteiger partial charge is 0.108 e. The Balaban J connectivity index is 1.44. The van der Waals surface area contributed by atoms with Crippen molar-refractivity contribution in [1.29, 1.82) is 0 Å². The molecule has 0 unspecified atom stereocenters. The highest BCUT2D eigenvalue weighted by atomic mass is 32.1. The van der Waals surface area contributed by atoms with Crippen molar-refractivity contribution in [3.8, 4) is 0 Å². The van der Waals surface area contributed by atoms with Crippen LogP contribution < -0.4 is 5.32 Å². The molecule has 1 N–H and O–H groups in total. The summed E-state index contributed by atoms with van der Waals surface area (Å²) in [4.78, 5) is 4.59. The van der Waals surface area contributed by atoms with Crippen LogP contribution in [0.2, 0.25) is 0 Å². The number of para-hydroxylation sites is 1. The first-order chi connectivity index (χ1) is 9.42. The Labute approximate surface area is 115 Å². The Hall–Kier alpha value is -1.79. The van der Waals surface area contributed by atoms with E-state index in [9.17, 15) is 0 Å². The van der Waals surface area contributed by atoms with E-state index in [0.29, 0.717) is 0 Å². The number of rotatable bonds is 6. The van der Waals surface area contributed by atoms with Gasteiger partial charge < -0.3 is 5.32 Å². The number of aryl methyl sites for hydroxylation is 1. The van der Waals surface area contributed by atoms with Crippen molar-refractivity contribution < 1.29 is 0 Å². The first-order valence-corrected chi connectivity index (χ1v) is 7.13. The molecule has 1 aromatic carbocycles. The van der Waals surface area contributed by atoms with E-state index in [1.807, 2.05) is 16.9 Å². The molecule has 0 spiro atoms. The number of hydrogen-bond donors (Lipinski definition) is 1. The van der Waals surface area contributed by atoms with Crippen LogP contribution in [0.15, 0.2) is 36.7 Å². The van der Waals surface area contributed by atoms with Crippen molar-refractivity contribution in [1.82, 2.24) is 25.3 Å². The van der Waals surface area contributed by atoms with Crippen molar-refractivity contribution in [2.24, 2.45) is 0 Å². The molecular formula is C13H15N5S. The molecule has 0 atom stereocenters. The monoisotopic (exact) mass is 273 g/mol. The van der Waals surface area contributed by atoms with Crippen molar-refractivity contribution in [3.05, 3.63) is 41.7 Å². The maximum Gasteiger partial charge on any atom is 0.108 e. The number of fused-ring (bicyclic) bond motifs is 1. The van der Waals surface area contributed by atoms with Crippen molar-refractivity contribution in [2.75, 3.05) is 6.54 Å². The number of nitrogens with zero attached hydrogens (tertiary/aromatic N) is 4. The Morgan fingerprint density at radius 3 is 3.05 bits per heavy atom. The van der Waals surface area contributed by atoms with Crippen LogP contribution in [0.5, 0.6) is 0 Å². The van der Waals surface area contributed by atoms with Crippen LogP contribution in [-0.4, -0.2) is 26.5 Å². The molecule has 0 aliphatic heterocycles. The molecular weight excluding hydrogens is 258 g/mol. The van der Waals surface area contributed by atoms with Gasteiger partial charge in [-0.1, -0.05) is 17.3 Å². The summed E-state index contributed by atoms with van der Waals surface area (Å²) in [6.07, 6.45) is 4.62. The SMILES string of the molecule is c1ccc2sc(CNCCCn3ccnn3)nc2c1. The average molecular weight is 273 g/mol. The summed E-state index contributed by atoms with van der Waals surface area (Å²) in [6.45, 7) is 2.68. The molecule has 3 rings (SSSR count). The van der Waals surface area contributed by atoms with E-state index in [1.165, 1.54) is 4.70 Å². The van der Waals surface area contributed by atoms with Gasteiger partial charge in [0.2, 0.25) is 0 Å². The van der Waals surface area contributed by atoms with Gasteiger partial charge in [0.15, 0.2) is 0 Å². The third-order valence-electron chi connectivity index (χ3n) is 2.83. The number of nitrogens with one attached hydrogen (secondary N) is 1. The largest absolute Gasteiger partial charge is 0.310 e. The quantitative estimate of drug-likeness (QED) is 0.699. The molecule has 19 heavy (non-hydrogen) atoms. The van der Waals surface area contributed by atoms with Crippen molar-refractivity contribution in [2.45, 2.75) is 19.5 Å². The zero-order valence-corrected chi connectivity index (χ0v) is 11.3. The molecule has 0 aliphatic rings. The van der Waals surface area contributed by atoms with Gasteiger partial charge in [0.25, 0.3) is 0 Å². The van der Waals surface area contributed by atoms with Crippen LogP contribution in [0.1, 0.15) is 11.4 Å². The molecule has 0 fully saturated rings. The van der Waals surface area contributed by atoms with Crippen LogP contribution in [0.25, 0.3) is 10.2 Å². The fraction of sp³-hybridized carbons (Fsp3) is 0.308. The summed E-state index contributed by atoms with van der Waals surface area (Å²) >= 11 is 1.75. The summed E-state index contributed by atoms with van der Waals surface area (Å²) in [5.74, 6) is 0. The molecule has 0 bridgehead atoms. The molecule has 0 saturated carbocycles. The highest BCUT2D eigenvalue weighted by molar-refractivity contribution is 7.18. The summed E-state index contributed by atoms with van der Waals surface area (Å²) in [5.41, 5.74) is 1.09. The number of thiazole rings is 1. The maximum absolute atomic E-state index is 4.59. The summed E-state index contributed by atoms with van der Waals surface area (Å²) in [5, 5.41) is 12.3. The fourth-order valence-electron chi connectivity index (χ4n) is 1.91. The van der Waals surface area contributed by atoms with E-state index >= 15 is 0 Å². The molecule has 2 heterocycles. The van der Waals surface area contributed by atoms with Gasteiger partial charge in [0, 0.05) is 19.3 Å². The second kappa shape index (κ2) is 5.90. The zero-order valence-electron chi connectivity index (χ0n) is 10.5. The number of aromatic nitrogens is 4. The maximum atomic E-state index is 4.59. The van der Waals surface area contributed by atoms with Gasteiger partial charge in [-0.3, -0.25) is 4.68 Å². The predicted molar refractivity (Wildman–Crippen MR) is 76.0 cm³/mol. The van der Waals surface area contributed by atoms with E-state index in [2.05, 4.69) is 38.8 Å². The minimum atomic E-state index is 0.830. The van der Waals surface area contributed by atoms with Crippen LogP contribution in [0.4, 0.5) is 0 Å². The van der Waals surface area contributed by atoms with Crippen molar-refractivity contribution in [3.63, 3.8) is 0 Å². The Morgan fingerprint density at radius 2 is 2.21 bits per heavy atom. The molecule has 0 aliphatic carbocycles. The number of benzene rings is 1. The lowest BCUT2D eigenvalue weighted by Gasteiger charge is -2.02. The first kappa shape index (κ1) is 12.3. The van der Waals surface area contributed by atoms with E-state index in [4.69, 9.17) is 0 Å². The molecule has 98 valence electrons. The van der Waals surface area contributed by atoms with E-state index in [1.54, 1.807) is 17.5 Å². The first-order valence-electron chi connectivity index (χ1n) is 6.31. The second-order valence-electron chi connectivity index (χ2n) is 4.27. The van der Waals surface area contributed by atoms with Gasteiger partial charge in [0.05, 0.1) is 16.4 Å². The van der Waals surface area contributed by atoms with Gasteiger partial charge in [-0.15, -0.1) is 16.4 Å². The molecule has 2 aromatic heterocycles. The lowest BCUT2D eigenvalue weighted by molar-refractivity contribution is 0.530. The second-order valence-corrected chi connectivity index (χ2v) is 5.39. The van der Waals surface area contributed by atoms with Crippen molar-refractivity contribution >= 4 is 21.6 Å². The Kier molecular flexibility index (Phi) is 3.81. The Morgan fingerprint density at radius 1 is 1.26 bits per heavy atom. The van der Waals surface area contributed by atoms with Gasteiger partial charge >= 0.3 is 0 Å². The lowest BCUT2D eigenvalue weighted by Crippen LogP contribution is -2.16. The van der Waals surface area contributed by atoms with Gasteiger partial charge in [-0.25, -0.2) is 4.98 Å². The molecule has 6 heteroatoms. The van der Waals surface area contributed by atoms with E-state index < -0.39 is 0 Å². The van der Waals surface area contributed by atoms with Crippen LogP contribution in [0, 0.1) is 0 Å². The third-order valence-corrected chi connectivity index (χ3v) is 3.86. The molecule has 3 aromatic rings. The predicted octanol–water partition coefficient (Wildman–Crippen LogP) is 2.07. The van der Waals surface area contributed by atoms with Gasteiger partial charge in [0.1, 0.15) is 5.01 Å². The topological polar surface area (TPSA) is 55.6 Å². The minimum absolute atomic E-state index is 0.830. The van der Waals surface area contributed by atoms with E-state index in [0.717, 1.165) is 36.6 Å². The fourth-order valence-corrected chi connectivity index (χ4v) is 2.85. The van der Waals surface area contributed by atoms with Gasteiger partial charge in [-0.05, 0) is 25.1 Å². The van der Waals surface area contributed by atoms with E-state index in [-0.39, 0.29) is 0 Å². The normalized spacial score (nSPS) is 11.2. The standard InChI is InChI=1S/C13H15N5S/c1-2-5-12-11(4-1)16-13(19-12)10-14-6-3-8-18-9-7-15-17-18/h1-2,4-5,7,9,14H,3,6,8,10H2. The highest BCUT2D eigenvalue weighted by Crippen LogP contribution is 2.21. The highest BCUT2D eigenvalue weighted by Gasteiger charge is 2.02. The molecule has 0 radical (unpaired) electrons. The summed E-state index contributed by atoms with van der Waals surface area (Å²) in [6, 6.07) is 8.24. The van der Waals surface area contributed by atoms with Crippen LogP contribution in [0.3, 0.4) is 0 Å². The van der Waals surface area contributed by atoms with Gasteiger partial charge in [-0.2, -0.15) is 0 Å². The number of hydrogen-bond acceptors (Lipinski definition) is 5. The summed E-state index contributed by atoms with van der Waals surface area (Å²) in [7, 11) is 0. The minimum Gasteiger partial charge on any atom is -0.310 e. The lowest BCUT2D eigenvalue weighted by atomic mass is 10.3. The van der Waals surface area contributed by atoms with Crippen LogP contribution >= 0.6 is 11.3 Å². The zero-order chi connectivity index (χ0) is 12.9.